The van der Waals surface area contributed by atoms with Crippen molar-refractivity contribution in [1.82, 2.24) is 24.8 Å². The molecule has 288 valence electrons. The first-order chi connectivity index (χ1) is 24.6. The van der Waals surface area contributed by atoms with E-state index >= 15 is 0 Å². The number of carbonyl (C=O) groups excluding carboxylic acids is 1. The van der Waals surface area contributed by atoms with Crippen LogP contribution >= 0.6 is 7.60 Å². The summed E-state index contributed by atoms with van der Waals surface area (Å²) in [6.07, 6.45) is -2.73. The van der Waals surface area contributed by atoms with E-state index in [-0.39, 0.29) is 73.4 Å². The third kappa shape index (κ3) is 7.76. The zero-order valence-corrected chi connectivity index (χ0v) is 31.4. The molecule has 0 radical (unpaired) electrons. The Kier molecular flexibility index (Phi) is 11.1. The number of aryl methyl sites for hydroxylation is 1. The summed E-state index contributed by atoms with van der Waals surface area (Å²) in [5.41, 5.74) is 6.04. The summed E-state index contributed by atoms with van der Waals surface area (Å²) < 4.78 is 88.0. The molecule has 1 aliphatic carbocycles. The Bertz CT molecular complexity index is 1690. The number of hydrogen-bond acceptors (Lipinski definition) is 11. The summed E-state index contributed by atoms with van der Waals surface area (Å²) in [4.78, 5) is 33.0. The average molecular weight is 756 g/mol. The van der Waals surface area contributed by atoms with Crippen LogP contribution in [-0.4, -0.2) is 108 Å². The number of fused-ring (bicyclic) bond motifs is 2. The Labute approximate surface area is 302 Å². The fourth-order valence-corrected chi connectivity index (χ4v) is 10.3. The molecular weight excluding hydrogens is 705 g/mol. The van der Waals surface area contributed by atoms with E-state index in [1.54, 1.807) is 18.7 Å². The Balaban J connectivity index is 1.31. The highest BCUT2D eigenvalue weighted by molar-refractivity contribution is 7.54. The van der Waals surface area contributed by atoms with E-state index in [1.165, 1.54) is 13.0 Å². The SMILES string of the molecule is CCOP(=O)(CC(=O)N1CC[C@@H](N(C)c2nc(OC[C@@]34CCCN3C[C@H](F)C4)nc3c2C[C@@H](C)[C@H](c2nc(N)cc(C)c2C(F)(F)F)C3)C1)OCC. The monoisotopic (exact) mass is 755 g/mol. The molecule has 5 heterocycles. The van der Waals surface area contributed by atoms with E-state index in [0.29, 0.717) is 50.4 Å². The van der Waals surface area contributed by atoms with Gasteiger partial charge in [0.05, 0.1) is 35.7 Å². The van der Waals surface area contributed by atoms with Crippen molar-refractivity contribution in [2.24, 2.45) is 5.92 Å². The van der Waals surface area contributed by atoms with Gasteiger partial charge in [-0.3, -0.25) is 14.3 Å². The number of amides is 1. The van der Waals surface area contributed by atoms with E-state index in [1.807, 2.05) is 18.9 Å². The maximum Gasteiger partial charge on any atom is 0.418 e. The molecule has 1 amide bonds. The van der Waals surface area contributed by atoms with Gasteiger partial charge < -0.3 is 29.3 Å². The number of alkyl halides is 4. The van der Waals surface area contributed by atoms with E-state index in [4.69, 9.17) is 29.5 Å². The Hall–Kier alpha value is -3.07. The van der Waals surface area contributed by atoms with Gasteiger partial charge in [-0.15, -0.1) is 0 Å². The van der Waals surface area contributed by atoms with Gasteiger partial charge in [-0.1, -0.05) is 6.92 Å². The van der Waals surface area contributed by atoms with Gasteiger partial charge in [0.25, 0.3) is 0 Å². The maximum absolute atomic E-state index is 14.6. The molecule has 0 saturated carbocycles. The standard InChI is InChI=1S/C35H50F4N7O5P/c1-6-50-52(48,51-7-2)19-29(47)45-12-9-24(18-45)44(5)32-26-13-21(3)25(31-30(35(37,38)39)22(4)14-28(40)42-31)15-27(26)41-33(43-32)49-20-34-10-8-11-46(34)17-23(36)16-34/h14,21,23-25H,6-13,15-20H2,1-5H3,(H2,40,42)/t21-,23-,24-,25-,34+/m1/s1. The molecule has 3 aliphatic heterocycles. The topological polar surface area (TPSA) is 136 Å². The van der Waals surface area contributed by atoms with Crippen molar-refractivity contribution >= 4 is 25.1 Å². The first kappa shape index (κ1) is 38.6. The predicted molar refractivity (Wildman–Crippen MR) is 187 cm³/mol. The summed E-state index contributed by atoms with van der Waals surface area (Å²) in [5.74, 6) is -0.650. The van der Waals surface area contributed by atoms with Crippen LogP contribution < -0.4 is 15.4 Å². The lowest BCUT2D eigenvalue weighted by atomic mass is 9.75. The minimum absolute atomic E-state index is 0.0161. The first-order valence-electron chi connectivity index (χ1n) is 18.2. The highest BCUT2D eigenvalue weighted by Crippen LogP contribution is 2.49. The third-order valence-electron chi connectivity index (χ3n) is 11.2. The fourth-order valence-electron chi connectivity index (χ4n) is 8.72. The number of nitrogens with zero attached hydrogens (tertiary/aromatic N) is 6. The summed E-state index contributed by atoms with van der Waals surface area (Å²) >= 11 is 0. The van der Waals surface area contributed by atoms with Crippen molar-refractivity contribution in [3.05, 3.63) is 34.1 Å². The van der Waals surface area contributed by atoms with Crippen LogP contribution in [0.5, 0.6) is 6.01 Å². The number of hydrogen-bond donors (Lipinski definition) is 1. The van der Waals surface area contributed by atoms with Crippen LogP contribution in [0.3, 0.4) is 0 Å². The zero-order chi connectivity index (χ0) is 37.6. The quantitative estimate of drug-likeness (QED) is 0.216. The smallest absolute Gasteiger partial charge is 0.418 e. The second-order valence-electron chi connectivity index (χ2n) is 14.7. The van der Waals surface area contributed by atoms with Crippen LogP contribution in [0.15, 0.2) is 6.07 Å². The van der Waals surface area contributed by atoms with Gasteiger partial charge in [0.15, 0.2) is 0 Å². The summed E-state index contributed by atoms with van der Waals surface area (Å²) in [6, 6.07) is 1.14. The summed E-state index contributed by atoms with van der Waals surface area (Å²) in [6.45, 7) is 9.07. The number of rotatable bonds is 12. The largest absolute Gasteiger partial charge is 0.461 e. The molecule has 3 fully saturated rings. The van der Waals surface area contributed by atoms with Gasteiger partial charge in [0, 0.05) is 50.6 Å². The molecule has 4 aliphatic rings. The number of nitrogen functional groups attached to an aromatic ring is 1. The van der Waals surface area contributed by atoms with Crippen LogP contribution in [0.4, 0.5) is 29.2 Å². The minimum Gasteiger partial charge on any atom is -0.461 e. The maximum atomic E-state index is 14.6. The Morgan fingerprint density at radius 1 is 1.13 bits per heavy atom. The van der Waals surface area contributed by atoms with Crippen molar-refractivity contribution in [2.75, 3.05) is 69.8 Å². The van der Waals surface area contributed by atoms with Crippen molar-refractivity contribution in [1.29, 1.82) is 0 Å². The average Bonchev–Trinajstić information content (AvgIpc) is 3.77. The molecule has 0 unspecified atom stereocenters. The lowest BCUT2D eigenvalue weighted by molar-refractivity contribution is -0.139. The second-order valence-corrected chi connectivity index (χ2v) is 16.8. The lowest BCUT2D eigenvalue weighted by Gasteiger charge is -2.36. The number of aromatic nitrogens is 3. The van der Waals surface area contributed by atoms with Gasteiger partial charge in [-0.05, 0) is 77.0 Å². The van der Waals surface area contributed by atoms with E-state index < -0.39 is 37.0 Å². The van der Waals surface area contributed by atoms with Gasteiger partial charge in [-0.2, -0.15) is 23.1 Å². The molecule has 12 nitrogen and oxygen atoms in total. The number of halogens is 4. The molecule has 0 aromatic carbocycles. The number of carbonyl (C=O) groups is 1. The van der Waals surface area contributed by atoms with Crippen LogP contribution in [0.1, 0.15) is 80.5 Å². The van der Waals surface area contributed by atoms with Crippen molar-refractivity contribution in [2.45, 2.75) is 96.1 Å². The van der Waals surface area contributed by atoms with Crippen LogP contribution in [0, 0.1) is 12.8 Å². The Morgan fingerprint density at radius 3 is 2.56 bits per heavy atom. The van der Waals surface area contributed by atoms with E-state index in [2.05, 4.69) is 9.88 Å². The van der Waals surface area contributed by atoms with Crippen molar-refractivity contribution in [3.63, 3.8) is 0 Å². The molecule has 0 bridgehead atoms. The summed E-state index contributed by atoms with van der Waals surface area (Å²) in [7, 11) is -1.72. The van der Waals surface area contributed by atoms with Gasteiger partial charge >= 0.3 is 19.8 Å². The number of likely N-dealkylation sites (tertiary alicyclic amines) is 1. The minimum atomic E-state index is -4.63. The lowest BCUT2D eigenvalue weighted by Crippen LogP contribution is -2.43. The van der Waals surface area contributed by atoms with Crippen LogP contribution in [0.25, 0.3) is 0 Å². The number of pyridine rings is 1. The van der Waals surface area contributed by atoms with Gasteiger partial charge in [0.2, 0.25) is 5.91 Å². The molecule has 5 atom stereocenters. The third-order valence-corrected chi connectivity index (χ3v) is 13.1. The number of likely N-dealkylation sites (N-methyl/N-ethyl adjacent to an activating group) is 1. The van der Waals surface area contributed by atoms with Crippen molar-refractivity contribution < 1.29 is 40.7 Å². The van der Waals surface area contributed by atoms with Crippen molar-refractivity contribution in [3.8, 4) is 6.01 Å². The van der Waals surface area contributed by atoms with Crippen LogP contribution in [-0.2, 0) is 37.4 Å². The second kappa shape index (κ2) is 15.0. The molecule has 2 aromatic rings. The zero-order valence-electron chi connectivity index (χ0n) is 30.5. The van der Waals surface area contributed by atoms with Gasteiger partial charge in [-0.25, -0.2) is 9.37 Å². The molecule has 2 aromatic heterocycles. The highest BCUT2D eigenvalue weighted by atomic mass is 31.2. The number of ether oxygens (including phenoxy) is 1. The molecular formula is C35H50F4N7O5P. The fraction of sp³-hybridized carbons (Fsp3) is 0.714. The normalized spacial score (nSPS) is 26.4. The van der Waals surface area contributed by atoms with Gasteiger partial charge in [0.1, 0.15) is 30.6 Å². The molecule has 17 heteroatoms. The molecule has 6 rings (SSSR count). The first-order valence-corrected chi connectivity index (χ1v) is 19.9. The Morgan fingerprint density at radius 2 is 1.87 bits per heavy atom. The number of anilines is 2. The van der Waals surface area contributed by atoms with E-state index in [0.717, 1.165) is 24.9 Å². The number of nitrogens with two attached hydrogens (primary N) is 1. The predicted octanol–water partition coefficient (Wildman–Crippen LogP) is 5.56. The van der Waals surface area contributed by atoms with Crippen LogP contribution in [0.2, 0.25) is 0 Å². The molecule has 2 N–H and O–H groups in total. The van der Waals surface area contributed by atoms with E-state index in [9.17, 15) is 26.9 Å². The summed E-state index contributed by atoms with van der Waals surface area (Å²) in [5, 5.41) is 0. The highest BCUT2D eigenvalue weighted by Gasteiger charge is 2.50. The molecule has 0 spiro atoms. The molecule has 52 heavy (non-hydrogen) atoms. The molecule has 3 saturated heterocycles.